The van der Waals surface area contributed by atoms with Crippen molar-refractivity contribution in [3.63, 3.8) is 0 Å². The second-order valence-corrected chi connectivity index (χ2v) is 6.68. The Bertz CT molecular complexity index is 688. The molecule has 132 valence electrons. The highest BCUT2D eigenvalue weighted by molar-refractivity contribution is 7.80. The van der Waals surface area contributed by atoms with E-state index in [1.807, 2.05) is 36.5 Å². The van der Waals surface area contributed by atoms with Gasteiger partial charge in [0.15, 0.2) is 5.11 Å². The zero-order chi connectivity index (χ0) is 17.1. The van der Waals surface area contributed by atoms with Crippen molar-refractivity contribution in [1.82, 2.24) is 20.1 Å². The number of pyridine rings is 1. The van der Waals surface area contributed by atoms with Gasteiger partial charge in [-0.05, 0) is 36.5 Å². The number of thiocarbonyl (C=S) groups is 1. The van der Waals surface area contributed by atoms with E-state index in [-0.39, 0.29) is 12.1 Å². The van der Waals surface area contributed by atoms with Gasteiger partial charge in [-0.25, -0.2) is 0 Å². The Morgan fingerprint density at radius 2 is 2.04 bits per heavy atom. The van der Waals surface area contributed by atoms with Crippen LogP contribution in [0.5, 0.6) is 0 Å². The Labute approximate surface area is 152 Å². The predicted molar refractivity (Wildman–Crippen MR) is 98.1 cm³/mol. The van der Waals surface area contributed by atoms with Crippen LogP contribution in [0.2, 0.25) is 0 Å². The molecular formula is C18H22N4O2S. The van der Waals surface area contributed by atoms with Crippen LogP contribution < -0.4 is 5.32 Å². The minimum atomic E-state index is -0.00969. The van der Waals surface area contributed by atoms with Gasteiger partial charge in [0.25, 0.3) is 0 Å². The monoisotopic (exact) mass is 358 g/mol. The van der Waals surface area contributed by atoms with Gasteiger partial charge in [-0.1, -0.05) is 6.07 Å². The first-order valence-electron chi connectivity index (χ1n) is 8.64. The van der Waals surface area contributed by atoms with Crippen molar-refractivity contribution in [2.75, 3.05) is 39.4 Å². The molecule has 4 heterocycles. The molecule has 2 fully saturated rings. The van der Waals surface area contributed by atoms with Crippen LogP contribution in [-0.4, -0.2) is 59.3 Å². The molecule has 2 aromatic heterocycles. The summed E-state index contributed by atoms with van der Waals surface area (Å²) in [5.74, 6) is 0.907. The van der Waals surface area contributed by atoms with Crippen LogP contribution in [0.1, 0.15) is 23.5 Å². The molecule has 1 N–H and O–H groups in total. The Morgan fingerprint density at radius 1 is 1.16 bits per heavy atom. The number of morpholine rings is 1. The molecule has 0 aliphatic carbocycles. The lowest BCUT2D eigenvalue weighted by atomic mass is 10.0. The van der Waals surface area contributed by atoms with E-state index in [0.29, 0.717) is 0 Å². The first kappa shape index (κ1) is 16.5. The highest BCUT2D eigenvalue weighted by atomic mass is 32.1. The quantitative estimate of drug-likeness (QED) is 0.820. The molecule has 0 bridgehead atoms. The summed E-state index contributed by atoms with van der Waals surface area (Å²) in [4.78, 5) is 9.16. The molecule has 2 saturated heterocycles. The topological polar surface area (TPSA) is 53.8 Å². The number of nitrogens with one attached hydrogen (secondary N) is 1. The lowest BCUT2D eigenvalue weighted by molar-refractivity contribution is 0.0347. The molecule has 0 radical (unpaired) electrons. The summed E-state index contributed by atoms with van der Waals surface area (Å²) >= 11 is 5.64. The number of ether oxygens (including phenoxy) is 1. The fourth-order valence-electron chi connectivity index (χ4n) is 3.49. The van der Waals surface area contributed by atoms with Crippen molar-refractivity contribution in [2.24, 2.45) is 0 Å². The van der Waals surface area contributed by atoms with Crippen molar-refractivity contribution in [3.8, 4) is 0 Å². The molecule has 7 heteroatoms. The predicted octanol–water partition coefficient (Wildman–Crippen LogP) is 1.98. The van der Waals surface area contributed by atoms with E-state index in [1.165, 1.54) is 0 Å². The molecule has 6 nitrogen and oxygen atoms in total. The third-order valence-electron chi connectivity index (χ3n) is 4.79. The van der Waals surface area contributed by atoms with Crippen molar-refractivity contribution >= 4 is 17.3 Å². The van der Waals surface area contributed by atoms with Crippen LogP contribution in [0.4, 0.5) is 0 Å². The van der Waals surface area contributed by atoms with Gasteiger partial charge in [-0.3, -0.25) is 9.88 Å². The molecule has 4 rings (SSSR count). The Kier molecular flexibility index (Phi) is 4.96. The largest absolute Gasteiger partial charge is 0.467 e. The molecule has 0 spiro atoms. The van der Waals surface area contributed by atoms with E-state index in [1.54, 1.807) is 6.26 Å². The maximum Gasteiger partial charge on any atom is 0.170 e. The molecule has 25 heavy (non-hydrogen) atoms. The normalized spacial score (nSPS) is 24.5. The van der Waals surface area contributed by atoms with E-state index in [4.69, 9.17) is 21.4 Å². The summed E-state index contributed by atoms with van der Waals surface area (Å²) in [6.45, 7) is 5.37. The number of aromatic nitrogens is 1. The molecule has 0 aromatic carbocycles. The molecule has 0 unspecified atom stereocenters. The number of furan rings is 1. The fraction of sp³-hybridized carbons (Fsp3) is 0.444. The van der Waals surface area contributed by atoms with Crippen LogP contribution in [0.3, 0.4) is 0 Å². The first-order valence-corrected chi connectivity index (χ1v) is 9.05. The average Bonchev–Trinajstić information content (AvgIpc) is 3.29. The van der Waals surface area contributed by atoms with E-state index >= 15 is 0 Å². The summed E-state index contributed by atoms with van der Waals surface area (Å²) in [6, 6.07) is 9.90. The van der Waals surface area contributed by atoms with E-state index in [2.05, 4.69) is 20.1 Å². The molecule has 2 aliphatic heterocycles. The zero-order valence-corrected chi connectivity index (χ0v) is 14.8. The lowest BCUT2D eigenvalue weighted by Crippen LogP contribution is -2.42. The van der Waals surface area contributed by atoms with Crippen LogP contribution in [0, 0.1) is 0 Å². The highest BCUT2D eigenvalue weighted by Crippen LogP contribution is 2.38. The SMILES string of the molecule is S=C1N[C@H](c2ccccn2)[C@@H](c2ccco2)N1CCN1CCOCC1. The van der Waals surface area contributed by atoms with Gasteiger partial charge in [0.05, 0.1) is 31.2 Å². The standard InChI is InChI=1S/C18H22N4O2S/c25-18-20-16(14-4-1-2-6-19-14)17(15-5-3-11-24-15)22(18)8-7-21-9-12-23-13-10-21/h1-6,11,16-17H,7-10,12-13H2,(H,20,25)/t16-,17-/m1/s1. The highest BCUT2D eigenvalue weighted by Gasteiger charge is 2.41. The fourth-order valence-corrected chi connectivity index (χ4v) is 3.82. The van der Waals surface area contributed by atoms with Crippen molar-refractivity contribution in [1.29, 1.82) is 0 Å². The third kappa shape index (κ3) is 3.53. The molecular weight excluding hydrogens is 336 g/mol. The minimum absolute atomic E-state index is 0.00969. The molecule has 2 aromatic rings. The molecule has 0 saturated carbocycles. The zero-order valence-electron chi connectivity index (χ0n) is 14.0. The second kappa shape index (κ2) is 7.51. The molecule has 2 aliphatic rings. The first-order chi connectivity index (χ1) is 12.3. The summed E-state index contributed by atoms with van der Waals surface area (Å²) in [6.07, 6.45) is 3.53. The Morgan fingerprint density at radius 3 is 2.76 bits per heavy atom. The second-order valence-electron chi connectivity index (χ2n) is 6.29. The number of rotatable bonds is 5. The van der Waals surface area contributed by atoms with Gasteiger partial charge < -0.3 is 19.4 Å². The van der Waals surface area contributed by atoms with Gasteiger partial charge in [0.2, 0.25) is 0 Å². The maximum atomic E-state index is 5.74. The number of hydrogen-bond donors (Lipinski definition) is 1. The summed E-state index contributed by atoms with van der Waals surface area (Å²) < 4.78 is 11.2. The summed E-state index contributed by atoms with van der Waals surface area (Å²) in [7, 11) is 0. The van der Waals surface area contributed by atoms with Gasteiger partial charge in [0, 0.05) is 32.4 Å². The smallest absolute Gasteiger partial charge is 0.170 e. The number of hydrogen-bond acceptors (Lipinski definition) is 5. The van der Waals surface area contributed by atoms with Gasteiger partial charge >= 0.3 is 0 Å². The molecule has 0 amide bonds. The van der Waals surface area contributed by atoms with E-state index in [9.17, 15) is 0 Å². The van der Waals surface area contributed by atoms with Gasteiger partial charge in [0.1, 0.15) is 11.8 Å². The molecule has 2 atom stereocenters. The maximum absolute atomic E-state index is 5.74. The van der Waals surface area contributed by atoms with E-state index < -0.39 is 0 Å². The average molecular weight is 358 g/mol. The lowest BCUT2D eigenvalue weighted by Gasteiger charge is -2.31. The Balaban J connectivity index is 1.55. The Hall–Kier alpha value is -1.96. The van der Waals surface area contributed by atoms with Crippen LogP contribution in [-0.2, 0) is 4.74 Å². The summed E-state index contributed by atoms with van der Waals surface area (Å²) in [5, 5.41) is 4.19. The van der Waals surface area contributed by atoms with Gasteiger partial charge in [-0.15, -0.1) is 0 Å². The van der Waals surface area contributed by atoms with Crippen LogP contribution >= 0.6 is 12.2 Å². The minimum Gasteiger partial charge on any atom is -0.467 e. The van der Waals surface area contributed by atoms with Crippen LogP contribution in [0.25, 0.3) is 0 Å². The number of nitrogens with zero attached hydrogens (tertiary/aromatic N) is 3. The van der Waals surface area contributed by atoms with Gasteiger partial charge in [-0.2, -0.15) is 0 Å². The summed E-state index contributed by atoms with van der Waals surface area (Å²) in [5.41, 5.74) is 0.972. The van der Waals surface area contributed by atoms with E-state index in [0.717, 1.165) is 56.0 Å². The van der Waals surface area contributed by atoms with Crippen molar-refractivity contribution < 1.29 is 9.15 Å². The third-order valence-corrected chi connectivity index (χ3v) is 5.15. The van der Waals surface area contributed by atoms with Crippen molar-refractivity contribution in [2.45, 2.75) is 12.1 Å². The van der Waals surface area contributed by atoms with Crippen molar-refractivity contribution in [3.05, 3.63) is 54.2 Å². The van der Waals surface area contributed by atoms with Crippen LogP contribution in [0.15, 0.2) is 47.2 Å².